The summed E-state index contributed by atoms with van der Waals surface area (Å²) >= 11 is 0. The Morgan fingerprint density at radius 2 is 1.50 bits per heavy atom. The minimum Gasteiger partial charge on any atom is -0.387 e. The van der Waals surface area contributed by atoms with E-state index in [9.17, 15) is 20.4 Å². The monoisotopic (exact) mass is 320 g/mol. The predicted octanol–water partition coefficient (Wildman–Crippen LogP) is 2.15. The van der Waals surface area contributed by atoms with Crippen molar-refractivity contribution in [3.05, 3.63) is 71.3 Å². The maximum Gasteiger partial charge on any atom is 0.149 e. The van der Waals surface area contributed by atoms with E-state index in [4.69, 9.17) is 0 Å². The highest BCUT2D eigenvalue weighted by Gasteiger charge is 2.55. The summed E-state index contributed by atoms with van der Waals surface area (Å²) in [6, 6.07) is 16.6. The van der Waals surface area contributed by atoms with Gasteiger partial charge in [0.15, 0.2) is 0 Å². The molecule has 0 aromatic heterocycles. The Morgan fingerprint density at radius 3 is 2.33 bits per heavy atom. The summed E-state index contributed by atoms with van der Waals surface area (Å²) < 4.78 is 0. The molecule has 0 bridgehead atoms. The van der Waals surface area contributed by atoms with Crippen molar-refractivity contribution in [3.8, 4) is 11.1 Å². The van der Waals surface area contributed by atoms with Crippen LogP contribution in [0.15, 0.2) is 54.6 Å². The second-order valence-electron chi connectivity index (χ2n) is 6.64. The highest BCUT2D eigenvalue weighted by molar-refractivity contribution is 5.98. The van der Waals surface area contributed by atoms with E-state index in [2.05, 4.69) is 0 Å². The van der Waals surface area contributed by atoms with Crippen LogP contribution in [0.5, 0.6) is 0 Å². The van der Waals surface area contributed by atoms with Gasteiger partial charge in [0.05, 0.1) is 0 Å². The third kappa shape index (κ3) is 1.43. The van der Waals surface area contributed by atoms with E-state index in [0.29, 0.717) is 22.1 Å². The molecule has 3 aromatic carbocycles. The van der Waals surface area contributed by atoms with E-state index in [0.717, 1.165) is 16.5 Å². The summed E-state index contributed by atoms with van der Waals surface area (Å²) in [7, 11) is 0. The molecule has 0 spiro atoms. The zero-order valence-electron chi connectivity index (χ0n) is 12.7. The van der Waals surface area contributed by atoms with Crippen LogP contribution in [-0.2, 0) is 5.60 Å². The van der Waals surface area contributed by atoms with Crippen LogP contribution in [0, 0.1) is 0 Å². The lowest BCUT2D eigenvalue weighted by Crippen LogP contribution is -2.51. The molecule has 0 aliphatic heterocycles. The molecule has 0 saturated heterocycles. The van der Waals surface area contributed by atoms with Gasteiger partial charge in [0.2, 0.25) is 0 Å². The van der Waals surface area contributed by atoms with Gasteiger partial charge in [-0.2, -0.15) is 0 Å². The average molecular weight is 320 g/mol. The number of hydrogen-bond acceptors (Lipinski definition) is 4. The van der Waals surface area contributed by atoms with Crippen molar-refractivity contribution in [2.24, 2.45) is 0 Å². The maximum atomic E-state index is 11.4. The Hall–Kier alpha value is -2.24. The lowest BCUT2D eigenvalue weighted by atomic mass is 9.64. The summed E-state index contributed by atoms with van der Waals surface area (Å²) in [6.07, 6.45) is -4.09. The van der Waals surface area contributed by atoms with Crippen LogP contribution in [0.2, 0.25) is 0 Å². The Bertz CT molecular complexity index is 996. The van der Waals surface area contributed by atoms with Crippen LogP contribution >= 0.6 is 0 Å². The molecule has 4 nitrogen and oxygen atoms in total. The summed E-state index contributed by atoms with van der Waals surface area (Å²) in [5.41, 5.74) is 1.30. The predicted molar refractivity (Wildman–Crippen MR) is 89.2 cm³/mol. The minimum absolute atomic E-state index is 0.500. The summed E-state index contributed by atoms with van der Waals surface area (Å²) in [4.78, 5) is 0. The fourth-order valence-electron chi connectivity index (χ4n) is 4.37. The molecule has 5 rings (SSSR count). The second-order valence-corrected chi connectivity index (χ2v) is 6.64. The molecule has 0 heterocycles. The highest BCUT2D eigenvalue weighted by atomic mass is 16.4. The molecule has 120 valence electrons. The third-order valence-corrected chi connectivity index (χ3v) is 5.51. The van der Waals surface area contributed by atoms with Crippen molar-refractivity contribution < 1.29 is 20.4 Å². The van der Waals surface area contributed by atoms with Crippen LogP contribution in [0.4, 0.5) is 0 Å². The van der Waals surface area contributed by atoms with Crippen LogP contribution in [0.25, 0.3) is 21.9 Å². The van der Waals surface area contributed by atoms with Gasteiger partial charge < -0.3 is 20.4 Å². The molecule has 0 fully saturated rings. The van der Waals surface area contributed by atoms with Gasteiger partial charge in [-0.25, -0.2) is 0 Å². The molecule has 2 aliphatic rings. The molecule has 2 aliphatic carbocycles. The zero-order valence-corrected chi connectivity index (χ0v) is 12.7. The molecule has 4 N–H and O–H groups in total. The molecule has 24 heavy (non-hydrogen) atoms. The van der Waals surface area contributed by atoms with Crippen LogP contribution in [0.3, 0.4) is 0 Å². The van der Waals surface area contributed by atoms with Gasteiger partial charge in [-0.15, -0.1) is 0 Å². The first-order valence-electron chi connectivity index (χ1n) is 7.97. The van der Waals surface area contributed by atoms with Gasteiger partial charge in [0, 0.05) is 5.56 Å². The number of aliphatic hydroxyl groups is 4. The third-order valence-electron chi connectivity index (χ3n) is 5.51. The summed E-state index contributed by atoms with van der Waals surface area (Å²) in [5.74, 6) is 0. The lowest BCUT2D eigenvalue weighted by Gasteiger charge is -2.47. The molecule has 0 amide bonds. The number of benzene rings is 3. The van der Waals surface area contributed by atoms with Crippen molar-refractivity contribution in [1.29, 1.82) is 0 Å². The fraction of sp³-hybridized carbons (Fsp3) is 0.200. The first-order chi connectivity index (χ1) is 11.5. The first kappa shape index (κ1) is 14.1. The normalized spacial score (nSPS) is 30.2. The van der Waals surface area contributed by atoms with Gasteiger partial charge >= 0.3 is 0 Å². The number of aliphatic hydroxyl groups excluding tert-OH is 3. The summed E-state index contributed by atoms with van der Waals surface area (Å²) in [6.45, 7) is 0. The quantitative estimate of drug-likeness (QED) is 0.512. The van der Waals surface area contributed by atoms with Gasteiger partial charge in [0.1, 0.15) is 23.9 Å². The topological polar surface area (TPSA) is 80.9 Å². The average Bonchev–Trinajstić information content (AvgIpc) is 2.62. The van der Waals surface area contributed by atoms with E-state index in [1.165, 1.54) is 0 Å². The Labute approximate surface area is 138 Å². The van der Waals surface area contributed by atoms with Crippen molar-refractivity contribution in [3.63, 3.8) is 0 Å². The van der Waals surface area contributed by atoms with Crippen LogP contribution < -0.4 is 0 Å². The molecule has 4 heteroatoms. The van der Waals surface area contributed by atoms with E-state index in [1.54, 1.807) is 18.2 Å². The standard InChI is InChI=1S/C20H16O4/c21-17-14-7-3-4-10-8-9-12-11-5-1-2-6-13(11)18(22)20(24,19(17)23)16(12)15(10)14/h1-9,17-19,21-24H. The number of rotatable bonds is 0. The lowest BCUT2D eigenvalue weighted by molar-refractivity contribution is -0.190. The first-order valence-corrected chi connectivity index (χ1v) is 7.97. The van der Waals surface area contributed by atoms with Crippen molar-refractivity contribution in [1.82, 2.24) is 0 Å². The second kappa shape index (κ2) is 4.43. The molecular weight excluding hydrogens is 304 g/mol. The Morgan fingerprint density at radius 1 is 0.750 bits per heavy atom. The van der Waals surface area contributed by atoms with Crippen molar-refractivity contribution in [2.45, 2.75) is 23.9 Å². The van der Waals surface area contributed by atoms with Gasteiger partial charge in [0.25, 0.3) is 0 Å². The van der Waals surface area contributed by atoms with Crippen molar-refractivity contribution >= 4 is 10.8 Å². The molecular formula is C20H16O4. The van der Waals surface area contributed by atoms with E-state index in [-0.39, 0.29) is 0 Å². The van der Waals surface area contributed by atoms with Gasteiger partial charge in [-0.1, -0.05) is 54.6 Å². The fourth-order valence-corrected chi connectivity index (χ4v) is 4.37. The molecule has 0 radical (unpaired) electrons. The number of hydrogen-bond donors (Lipinski definition) is 4. The molecule has 3 aromatic rings. The van der Waals surface area contributed by atoms with E-state index < -0.39 is 23.9 Å². The number of fused-ring (bicyclic) bond motifs is 2. The Balaban J connectivity index is 2.03. The maximum absolute atomic E-state index is 11.4. The van der Waals surface area contributed by atoms with Crippen molar-refractivity contribution in [2.75, 3.05) is 0 Å². The molecule has 4 unspecified atom stereocenters. The molecule has 4 atom stereocenters. The Kier molecular flexibility index (Phi) is 2.61. The highest BCUT2D eigenvalue weighted by Crippen LogP contribution is 2.57. The summed E-state index contributed by atoms with van der Waals surface area (Å²) in [5, 5.41) is 45.1. The van der Waals surface area contributed by atoms with Crippen LogP contribution in [-0.4, -0.2) is 26.5 Å². The minimum atomic E-state index is -1.95. The van der Waals surface area contributed by atoms with Gasteiger partial charge in [-0.3, -0.25) is 0 Å². The van der Waals surface area contributed by atoms with E-state index >= 15 is 0 Å². The van der Waals surface area contributed by atoms with Crippen LogP contribution in [0.1, 0.15) is 28.9 Å². The SMILES string of the molecule is OC1c2cccc3ccc4c(c23)C(O)(C(O)c2ccccc2-4)C1O. The largest absolute Gasteiger partial charge is 0.387 e. The van der Waals surface area contributed by atoms with Gasteiger partial charge in [-0.05, 0) is 33.0 Å². The molecule has 0 saturated carbocycles. The van der Waals surface area contributed by atoms with E-state index in [1.807, 2.05) is 36.4 Å². The zero-order chi connectivity index (χ0) is 16.6. The smallest absolute Gasteiger partial charge is 0.149 e.